The normalized spacial score (nSPS) is 11.3. The van der Waals surface area contributed by atoms with Crippen molar-refractivity contribution in [3.63, 3.8) is 0 Å². The molecule has 2 heterocycles. The van der Waals surface area contributed by atoms with Gasteiger partial charge in [0.2, 0.25) is 0 Å². The van der Waals surface area contributed by atoms with Gasteiger partial charge < -0.3 is 0 Å². The van der Waals surface area contributed by atoms with Crippen LogP contribution in [-0.2, 0) is 19.9 Å². The van der Waals surface area contributed by atoms with Crippen LogP contribution in [0.2, 0.25) is 0 Å². The molecule has 0 radical (unpaired) electrons. The average molecular weight is 241 g/mol. The van der Waals surface area contributed by atoms with E-state index in [4.69, 9.17) is 0 Å². The third kappa shape index (κ3) is 3.06. The minimum absolute atomic E-state index is 0.849. The molecule has 0 atom stereocenters. The van der Waals surface area contributed by atoms with Crippen molar-refractivity contribution in [1.29, 1.82) is 0 Å². The summed E-state index contributed by atoms with van der Waals surface area (Å²) in [5, 5.41) is 4.44. The van der Waals surface area contributed by atoms with Gasteiger partial charge in [-0.3, -0.25) is 9.67 Å². The first-order valence-corrected chi connectivity index (χ1v) is 6.29. The zero-order chi connectivity index (χ0) is 13.0. The smallest absolute Gasteiger partial charge is 0.0879 e. The number of hydrogen-bond acceptors (Lipinski definition) is 2. The van der Waals surface area contributed by atoms with Crippen molar-refractivity contribution in [2.45, 2.75) is 26.7 Å². The Kier molecular flexibility index (Phi) is 3.92. The van der Waals surface area contributed by atoms with Gasteiger partial charge in [-0.25, -0.2) is 0 Å². The molecule has 0 aromatic carbocycles. The van der Waals surface area contributed by atoms with E-state index in [1.54, 1.807) is 0 Å². The Labute approximate surface area is 108 Å². The van der Waals surface area contributed by atoms with Gasteiger partial charge in [0, 0.05) is 31.6 Å². The molecule has 0 amide bonds. The fourth-order valence-corrected chi connectivity index (χ4v) is 1.97. The summed E-state index contributed by atoms with van der Waals surface area (Å²) < 4.78 is 1.86. The van der Waals surface area contributed by atoms with Gasteiger partial charge in [-0.15, -0.1) is 0 Å². The van der Waals surface area contributed by atoms with Gasteiger partial charge in [0.15, 0.2) is 0 Å². The molecule has 2 aromatic rings. The van der Waals surface area contributed by atoms with Crippen molar-refractivity contribution in [3.05, 3.63) is 53.1 Å². The highest BCUT2D eigenvalue weighted by Crippen LogP contribution is 2.10. The summed E-state index contributed by atoms with van der Waals surface area (Å²) in [6.07, 6.45) is 10.0. The third-order valence-corrected chi connectivity index (χ3v) is 2.89. The first-order chi connectivity index (χ1) is 8.69. The second-order valence-electron chi connectivity index (χ2n) is 4.50. The number of nitrogens with zero attached hydrogens (tertiary/aromatic N) is 3. The molecule has 0 N–H and O–H groups in total. The maximum atomic E-state index is 4.44. The number of hydrogen-bond donors (Lipinski definition) is 0. The molecule has 3 nitrogen and oxygen atoms in total. The largest absolute Gasteiger partial charge is 0.275 e. The highest BCUT2D eigenvalue weighted by atomic mass is 15.2. The van der Waals surface area contributed by atoms with E-state index >= 15 is 0 Å². The molecule has 0 saturated heterocycles. The van der Waals surface area contributed by atoms with E-state index in [9.17, 15) is 0 Å². The summed E-state index contributed by atoms with van der Waals surface area (Å²) in [4.78, 5) is 4.34. The van der Waals surface area contributed by atoms with Gasteiger partial charge in [0.1, 0.15) is 0 Å². The predicted molar refractivity (Wildman–Crippen MR) is 74.3 cm³/mol. The molecule has 18 heavy (non-hydrogen) atoms. The molecule has 94 valence electrons. The molecule has 0 aliphatic rings. The monoisotopic (exact) mass is 241 g/mol. The van der Waals surface area contributed by atoms with Crippen LogP contribution in [0.3, 0.4) is 0 Å². The molecule has 2 aromatic heterocycles. The van der Waals surface area contributed by atoms with Crippen LogP contribution in [0.15, 0.2) is 30.6 Å². The third-order valence-electron chi connectivity index (χ3n) is 2.89. The zero-order valence-electron chi connectivity index (χ0n) is 11.2. The van der Waals surface area contributed by atoms with Crippen molar-refractivity contribution >= 4 is 6.08 Å². The Balaban J connectivity index is 2.07. The molecule has 0 aliphatic heterocycles. The Morgan fingerprint density at radius 3 is 2.94 bits per heavy atom. The van der Waals surface area contributed by atoms with Crippen molar-refractivity contribution in [1.82, 2.24) is 14.8 Å². The average Bonchev–Trinajstić information content (AvgIpc) is 2.70. The summed E-state index contributed by atoms with van der Waals surface area (Å²) in [6.45, 7) is 4.24. The molecular weight excluding hydrogens is 222 g/mol. The summed E-state index contributed by atoms with van der Waals surface area (Å²) in [5.41, 5.74) is 4.69. The van der Waals surface area contributed by atoms with Crippen molar-refractivity contribution in [3.8, 4) is 0 Å². The molecule has 0 spiro atoms. The van der Waals surface area contributed by atoms with Crippen molar-refractivity contribution in [2.24, 2.45) is 7.05 Å². The maximum absolute atomic E-state index is 4.44. The van der Waals surface area contributed by atoms with E-state index in [0.717, 1.165) is 24.2 Å². The number of aryl methyl sites for hydroxylation is 3. The van der Waals surface area contributed by atoms with E-state index in [2.05, 4.69) is 48.3 Å². The van der Waals surface area contributed by atoms with E-state index in [0.29, 0.717) is 0 Å². The summed E-state index contributed by atoms with van der Waals surface area (Å²) in [7, 11) is 1.96. The van der Waals surface area contributed by atoms with Gasteiger partial charge >= 0.3 is 0 Å². The van der Waals surface area contributed by atoms with Crippen LogP contribution in [0.1, 0.15) is 29.4 Å². The van der Waals surface area contributed by atoms with Crippen LogP contribution in [-0.4, -0.2) is 14.8 Å². The quantitative estimate of drug-likeness (QED) is 0.824. The van der Waals surface area contributed by atoms with Gasteiger partial charge in [-0.2, -0.15) is 5.10 Å². The lowest BCUT2D eigenvalue weighted by Crippen LogP contribution is -1.89. The summed E-state index contributed by atoms with van der Waals surface area (Å²) >= 11 is 0. The van der Waals surface area contributed by atoms with E-state index in [-0.39, 0.29) is 0 Å². The lowest BCUT2D eigenvalue weighted by molar-refractivity contribution is 0.764. The first-order valence-electron chi connectivity index (χ1n) is 6.29. The number of allylic oxidation sites excluding steroid dienone is 1. The van der Waals surface area contributed by atoms with Gasteiger partial charge in [-0.05, 0) is 42.7 Å². The van der Waals surface area contributed by atoms with Crippen LogP contribution >= 0.6 is 0 Å². The minimum atomic E-state index is 0.849. The second kappa shape index (κ2) is 5.63. The lowest BCUT2D eigenvalue weighted by Gasteiger charge is -1.97. The molecule has 0 fully saturated rings. The topological polar surface area (TPSA) is 30.7 Å². The van der Waals surface area contributed by atoms with Crippen LogP contribution < -0.4 is 0 Å². The highest BCUT2D eigenvalue weighted by molar-refractivity contribution is 5.49. The minimum Gasteiger partial charge on any atom is -0.275 e. The highest BCUT2D eigenvalue weighted by Gasteiger charge is 2.01. The van der Waals surface area contributed by atoms with E-state index < -0.39 is 0 Å². The Morgan fingerprint density at radius 2 is 2.22 bits per heavy atom. The molecule has 0 unspecified atom stereocenters. The standard InChI is InChI=1S/C15H19N3/c1-4-13-11-18(3)17-15(13)7-5-6-14-10-12(2)8-9-16-14/h5,7-11H,4,6H2,1-3H3/b7-5-. The van der Waals surface area contributed by atoms with Crippen LogP contribution in [0.5, 0.6) is 0 Å². The molecule has 2 rings (SSSR count). The Morgan fingerprint density at radius 1 is 1.39 bits per heavy atom. The van der Waals surface area contributed by atoms with Crippen molar-refractivity contribution in [2.75, 3.05) is 0 Å². The summed E-state index contributed by atoms with van der Waals surface area (Å²) in [5.74, 6) is 0. The van der Waals surface area contributed by atoms with Gasteiger partial charge in [-0.1, -0.05) is 13.0 Å². The van der Waals surface area contributed by atoms with E-state index in [1.807, 2.05) is 24.0 Å². The van der Waals surface area contributed by atoms with Crippen LogP contribution in [0.25, 0.3) is 6.08 Å². The lowest BCUT2D eigenvalue weighted by atomic mass is 10.1. The Hall–Kier alpha value is -1.90. The predicted octanol–water partition coefficient (Wildman–Crippen LogP) is 2.94. The van der Waals surface area contributed by atoms with Crippen LogP contribution in [0, 0.1) is 6.92 Å². The number of aromatic nitrogens is 3. The molecule has 3 heteroatoms. The van der Waals surface area contributed by atoms with Gasteiger partial charge in [0.05, 0.1) is 5.69 Å². The molecule has 0 saturated carbocycles. The number of pyridine rings is 1. The van der Waals surface area contributed by atoms with Gasteiger partial charge in [0.25, 0.3) is 0 Å². The first kappa shape index (κ1) is 12.6. The zero-order valence-corrected chi connectivity index (χ0v) is 11.2. The van der Waals surface area contributed by atoms with Crippen LogP contribution in [0.4, 0.5) is 0 Å². The maximum Gasteiger partial charge on any atom is 0.0879 e. The fourth-order valence-electron chi connectivity index (χ4n) is 1.97. The molecular formula is C15H19N3. The summed E-state index contributed by atoms with van der Waals surface area (Å²) in [6, 6.07) is 4.13. The van der Waals surface area contributed by atoms with E-state index in [1.165, 1.54) is 11.1 Å². The number of rotatable bonds is 4. The van der Waals surface area contributed by atoms with Crippen molar-refractivity contribution < 1.29 is 0 Å². The Bertz CT molecular complexity index is 553. The molecule has 0 bridgehead atoms. The molecule has 0 aliphatic carbocycles. The second-order valence-corrected chi connectivity index (χ2v) is 4.50. The SMILES string of the molecule is CCc1cn(C)nc1/C=C\Cc1cc(C)ccn1. The fraction of sp³-hybridized carbons (Fsp3) is 0.333.